The van der Waals surface area contributed by atoms with Crippen molar-refractivity contribution in [3.63, 3.8) is 0 Å². The summed E-state index contributed by atoms with van der Waals surface area (Å²) in [6.07, 6.45) is 1.64. The summed E-state index contributed by atoms with van der Waals surface area (Å²) in [5.41, 5.74) is 1.84. The molecule has 1 aliphatic heterocycles. The van der Waals surface area contributed by atoms with Gasteiger partial charge in [0.05, 0.1) is 10.6 Å². The number of amides is 2. The predicted molar refractivity (Wildman–Crippen MR) is 79.8 cm³/mol. The SMILES string of the molecule is Cc1csc(C(=O)Nc2nc3c(s2)C(=O)NCCC3)c1. The molecule has 2 amide bonds. The first kappa shape index (κ1) is 13.3. The van der Waals surface area contributed by atoms with Gasteiger partial charge in [0.2, 0.25) is 0 Å². The molecule has 2 N–H and O–H groups in total. The molecular formula is C13H13N3O2S2. The maximum atomic E-state index is 12.1. The highest BCUT2D eigenvalue weighted by Gasteiger charge is 2.21. The second-order valence-electron chi connectivity index (χ2n) is 4.60. The average Bonchev–Trinajstić information content (AvgIpc) is 2.97. The van der Waals surface area contributed by atoms with Gasteiger partial charge in [-0.05, 0) is 36.8 Å². The van der Waals surface area contributed by atoms with Crippen LogP contribution in [0.2, 0.25) is 0 Å². The monoisotopic (exact) mass is 307 g/mol. The van der Waals surface area contributed by atoms with Gasteiger partial charge >= 0.3 is 0 Å². The fourth-order valence-corrected chi connectivity index (χ4v) is 3.72. The van der Waals surface area contributed by atoms with E-state index in [1.807, 2.05) is 18.4 Å². The van der Waals surface area contributed by atoms with Crippen molar-refractivity contribution < 1.29 is 9.59 Å². The number of anilines is 1. The molecule has 0 fully saturated rings. The highest BCUT2D eigenvalue weighted by Crippen LogP contribution is 2.26. The van der Waals surface area contributed by atoms with Crippen molar-refractivity contribution in [2.24, 2.45) is 0 Å². The van der Waals surface area contributed by atoms with Crippen LogP contribution in [0, 0.1) is 6.92 Å². The van der Waals surface area contributed by atoms with Crippen LogP contribution in [0.4, 0.5) is 5.13 Å². The molecule has 0 unspecified atom stereocenters. The maximum Gasteiger partial charge on any atom is 0.267 e. The molecule has 3 heterocycles. The topological polar surface area (TPSA) is 71.1 Å². The van der Waals surface area contributed by atoms with Crippen LogP contribution in [0.1, 0.15) is 37.0 Å². The average molecular weight is 307 g/mol. The van der Waals surface area contributed by atoms with Crippen LogP contribution in [-0.4, -0.2) is 23.3 Å². The summed E-state index contributed by atoms with van der Waals surface area (Å²) < 4.78 is 0. The number of fused-ring (bicyclic) bond motifs is 1. The van der Waals surface area contributed by atoms with Crippen molar-refractivity contribution in [2.75, 3.05) is 11.9 Å². The largest absolute Gasteiger partial charge is 0.351 e. The molecule has 0 aromatic carbocycles. The molecule has 0 saturated carbocycles. The molecule has 0 aliphatic carbocycles. The number of nitrogens with one attached hydrogen (secondary N) is 2. The molecule has 1 aliphatic rings. The number of thiazole rings is 1. The zero-order valence-electron chi connectivity index (χ0n) is 10.9. The fourth-order valence-electron chi connectivity index (χ4n) is 2.00. The van der Waals surface area contributed by atoms with Crippen molar-refractivity contribution in [1.29, 1.82) is 0 Å². The van der Waals surface area contributed by atoms with Gasteiger partial charge in [0.25, 0.3) is 11.8 Å². The fraction of sp³-hybridized carbons (Fsp3) is 0.308. The van der Waals surface area contributed by atoms with Crippen LogP contribution >= 0.6 is 22.7 Å². The van der Waals surface area contributed by atoms with E-state index in [2.05, 4.69) is 15.6 Å². The Labute approximate surface area is 124 Å². The van der Waals surface area contributed by atoms with E-state index in [0.717, 1.165) is 24.1 Å². The second kappa shape index (κ2) is 5.34. The number of thiophene rings is 1. The van der Waals surface area contributed by atoms with Gasteiger partial charge in [0.15, 0.2) is 5.13 Å². The zero-order valence-corrected chi connectivity index (χ0v) is 12.5. The van der Waals surface area contributed by atoms with Gasteiger partial charge in [0.1, 0.15) is 4.88 Å². The number of hydrogen-bond acceptors (Lipinski definition) is 5. The molecule has 104 valence electrons. The highest BCUT2D eigenvalue weighted by atomic mass is 32.1. The van der Waals surface area contributed by atoms with Crippen LogP contribution in [0.25, 0.3) is 0 Å². The van der Waals surface area contributed by atoms with Gasteiger partial charge < -0.3 is 5.32 Å². The third kappa shape index (κ3) is 2.59. The molecule has 20 heavy (non-hydrogen) atoms. The van der Waals surface area contributed by atoms with E-state index < -0.39 is 0 Å². The number of nitrogens with zero attached hydrogens (tertiary/aromatic N) is 1. The molecule has 2 aromatic heterocycles. The molecule has 0 radical (unpaired) electrons. The minimum absolute atomic E-state index is 0.0949. The quantitative estimate of drug-likeness (QED) is 0.895. The smallest absolute Gasteiger partial charge is 0.267 e. The minimum atomic E-state index is -0.174. The first-order chi connectivity index (χ1) is 9.63. The number of carbonyl (C=O) groups excluding carboxylic acids is 2. The predicted octanol–water partition coefficient (Wildman–Crippen LogP) is 2.44. The van der Waals surface area contributed by atoms with Gasteiger partial charge in [-0.2, -0.15) is 0 Å². The number of aromatic nitrogens is 1. The van der Waals surface area contributed by atoms with Crippen molar-refractivity contribution in [3.8, 4) is 0 Å². The molecule has 7 heteroatoms. The highest BCUT2D eigenvalue weighted by molar-refractivity contribution is 7.18. The van der Waals surface area contributed by atoms with Crippen molar-refractivity contribution in [2.45, 2.75) is 19.8 Å². The molecule has 2 aromatic rings. The normalized spacial score (nSPS) is 14.3. The van der Waals surface area contributed by atoms with Crippen LogP contribution in [0.5, 0.6) is 0 Å². The van der Waals surface area contributed by atoms with E-state index in [1.54, 1.807) is 0 Å². The molecule has 0 atom stereocenters. The summed E-state index contributed by atoms with van der Waals surface area (Å²) >= 11 is 2.64. The zero-order chi connectivity index (χ0) is 14.1. The molecule has 0 saturated heterocycles. The van der Waals surface area contributed by atoms with Crippen LogP contribution in [0.15, 0.2) is 11.4 Å². The van der Waals surface area contributed by atoms with Crippen LogP contribution in [0.3, 0.4) is 0 Å². The minimum Gasteiger partial charge on any atom is -0.351 e. The lowest BCUT2D eigenvalue weighted by Crippen LogP contribution is -2.21. The number of rotatable bonds is 2. The summed E-state index contributed by atoms with van der Waals surface area (Å²) in [6.45, 7) is 2.63. The van der Waals surface area contributed by atoms with E-state index in [0.29, 0.717) is 21.4 Å². The first-order valence-electron chi connectivity index (χ1n) is 6.28. The number of carbonyl (C=O) groups is 2. The number of hydrogen-bond donors (Lipinski definition) is 2. The first-order valence-corrected chi connectivity index (χ1v) is 7.97. The van der Waals surface area contributed by atoms with Crippen LogP contribution < -0.4 is 10.6 Å². The molecular weight excluding hydrogens is 294 g/mol. The number of aryl methyl sites for hydroxylation is 2. The van der Waals surface area contributed by atoms with Crippen LogP contribution in [-0.2, 0) is 6.42 Å². The summed E-state index contributed by atoms with van der Waals surface area (Å²) in [5.74, 6) is -0.269. The maximum absolute atomic E-state index is 12.1. The summed E-state index contributed by atoms with van der Waals surface area (Å²) in [4.78, 5) is 29.5. The molecule has 3 rings (SSSR count). The Morgan fingerprint density at radius 1 is 1.50 bits per heavy atom. The van der Waals surface area contributed by atoms with E-state index >= 15 is 0 Å². The second-order valence-corrected chi connectivity index (χ2v) is 6.51. The lowest BCUT2D eigenvalue weighted by Gasteiger charge is -1.99. The van der Waals surface area contributed by atoms with E-state index in [9.17, 15) is 9.59 Å². The molecule has 0 bridgehead atoms. The van der Waals surface area contributed by atoms with E-state index in [1.165, 1.54) is 22.7 Å². The lowest BCUT2D eigenvalue weighted by atomic mass is 10.2. The standard InChI is InChI=1S/C13H13N3O2S2/c1-7-5-9(19-6-7)11(17)16-13-15-8-3-2-4-14-12(18)10(8)20-13/h5-6H,2-4H2,1H3,(H,14,18)(H,15,16,17). The summed E-state index contributed by atoms with van der Waals surface area (Å²) in [7, 11) is 0. The lowest BCUT2D eigenvalue weighted by molar-refractivity contribution is 0.0959. The van der Waals surface area contributed by atoms with Crippen molar-refractivity contribution in [1.82, 2.24) is 10.3 Å². The Balaban J connectivity index is 1.80. The molecule has 5 nitrogen and oxygen atoms in total. The van der Waals surface area contributed by atoms with Gasteiger partial charge in [-0.25, -0.2) is 4.98 Å². The summed E-state index contributed by atoms with van der Waals surface area (Å²) in [6, 6.07) is 1.84. The Hall–Kier alpha value is -1.73. The van der Waals surface area contributed by atoms with E-state index in [4.69, 9.17) is 0 Å². The van der Waals surface area contributed by atoms with Crippen molar-refractivity contribution in [3.05, 3.63) is 32.5 Å². The van der Waals surface area contributed by atoms with Gasteiger partial charge in [-0.1, -0.05) is 11.3 Å². The van der Waals surface area contributed by atoms with E-state index in [-0.39, 0.29) is 11.8 Å². The summed E-state index contributed by atoms with van der Waals surface area (Å²) in [5, 5.41) is 8.01. The van der Waals surface area contributed by atoms with Crippen molar-refractivity contribution >= 4 is 39.6 Å². The molecule has 0 spiro atoms. The Morgan fingerprint density at radius 2 is 2.35 bits per heavy atom. The van der Waals surface area contributed by atoms with Gasteiger partial charge in [0, 0.05) is 6.54 Å². The van der Waals surface area contributed by atoms with Gasteiger partial charge in [-0.3, -0.25) is 14.9 Å². The Bertz CT molecular complexity index is 675. The Kier molecular flexibility index (Phi) is 3.54. The Morgan fingerprint density at radius 3 is 3.10 bits per heavy atom. The third-order valence-electron chi connectivity index (χ3n) is 2.95. The van der Waals surface area contributed by atoms with Gasteiger partial charge in [-0.15, -0.1) is 11.3 Å². The third-order valence-corrected chi connectivity index (χ3v) is 5.01.